The van der Waals surface area contributed by atoms with E-state index in [-0.39, 0.29) is 17.5 Å². The minimum atomic E-state index is 0.0271. The number of hydrogen-bond acceptors (Lipinski definition) is 3. The van der Waals surface area contributed by atoms with Gasteiger partial charge in [0.1, 0.15) is 11.5 Å². The lowest BCUT2D eigenvalue weighted by molar-refractivity contribution is 0.432. The van der Waals surface area contributed by atoms with E-state index >= 15 is 0 Å². The summed E-state index contributed by atoms with van der Waals surface area (Å²) >= 11 is 0. The minimum Gasteiger partial charge on any atom is -0.508 e. The molecule has 0 aromatic heterocycles. The van der Waals surface area contributed by atoms with Crippen molar-refractivity contribution in [2.75, 3.05) is 6.54 Å². The van der Waals surface area contributed by atoms with E-state index in [1.807, 2.05) is 6.92 Å². The smallest absolute Gasteiger partial charge is 0.120 e. The number of phenols is 2. The van der Waals surface area contributed by atoms with E-state index in [2.05, 4.69) is 33.0 Å². The fourth-order valence-corrected chi connectivity index (χ4v) is 3.14. The second kappa shape index (κ2) is 4.41. The van der Waals surface area contributed by atoms with Crippen molar-refractivity contribution >= 4 is 0 Å². The Hall–Kier alpha value is -1.22. The number of benzene rings is 1. The molecule has 1 aromatic carbocycles. The van der Waals surface area contributed by atoms with Crippen molar-refractivity contribution in [3.05, 3.63) is 23.8 Å². The molecule has 1 aliphatic carbocycles. The van der Waals surface area contributed by atoms with E-state index in [4.69, 9.17) is 0 Å². The number of phenolic OH excluding ortho intramolecular Hbond substituents is 2. The van der Waals surface area contributed by atoms with Gasteiger partial charge in [-0.2, -0.15) is 0 Å². The van der Waals surface area contributed by atoms with Crippen LogP contribution in [0.1, 0.15) is 46.2 Å². The summed E-state index contributed by atoms with van der Waals surface area (Å²) in [6, 6.07) is 4.68. The maximum absolute atomic E-state index is 9.84. The molecular formula is C16H25NO2. The standard InChI is InChI=1S/C16H25NO2/c1-10(12-8-11(18)6-7-13(12)19)17-9-14-15(2,3)16(14,4)5/h6-8,10,14,17-19H,9H2,1-5H3. The van der Waals surface area contributed by atoms with Gasteiger partial charge in [-0.1, -0.05) is 27.7 Å². The van der Waals surface area contributed by atoms with E-state index in [1.54, 1.807) is 6.07 Å². The molecule has 0 heterocycles. The van der Waals surface area contributed by atoms with E-state index in [1.165, 1.54) is 12.1 Å². The van der Waals surface area contributed by atoms with Gasteiger partial charge in [0.15, 0.2) is 0 Å². The summed E-state index contributed by atoms with van der Waals surface area (Å²) in [4.78, 5) is 0. The van der Waals surface area contributed by atoms with E-state index in [9.17, 15) is 10.2 Å². The van der Waals surface area contributed by atoms with E-state index in [0.717, 1.165) is 12.1 Å². The first-order chi connectivity index (χ1) is 8.68. The molecule has 1 saturated carbocycles. The molecule has 1 aliphatic rings. The maximum Gasteiger partial charge on any atom is 0.120 e. The SMILES string of the molecule is CC(NCC1C(C)(C)C1(C)C)c1cc(O)ccc1O. The summed E-state index contributed by atoms with van der Waals surface area (Å²) in [5.74, 6) is 1.06. The third-order valence-corrected chi connectivity index (χ3v) is 5.43. The van der Waals surface area contributed by atoms with Crippen LogP contribution in [0.5, 0.6) is 11.5 Å². The van der Waals surface area contributed by atoms with Gasteiger partial charge in [-0.15, -0.1) is 0 Å². The van der Waals surface area contributed by atoms with Crippen molar-refractivity contribution in [2.45, 2.75) is 40.7 Å². The molecule has 1 aromatic rings. The van der Waals surface area contributed by atoms with Crippen molar-refractivity contribution < 1.29 is 10.2 Å². The largest absolute Gasteiger partial charge is 0.508 e. The van der Waals surface area contributed by atoms with Gasteiger partial charge in [0.25, 0.3) is 0 Å². The lowest BCUT2D eigenvalue weighted by atomic mass is 10.0. The molecule has 0 aliphatic heterocycles. The summed E-state index contributed by atoms with van der Waals surface area (Å²) in [6.07, 6.45) is 0. The molecule has 0 spiro atoms. The van der Waals surface area contributed by atoms with Gasteiger partial charge in [0.05, 0.1) is 0 Å². The lowest BCUT2D eigenvalue weighted by Gasteiger charge is -2.16. The second-order valence-corrected chi connectivity index (χ2v) is 6.87. The molecule has 1 unspecified atom stereocenters. The molecule has 106 valence electrons. The van der Waals surface area contributed by atoms with Crippen LogP contribution in [-0.4, -0.2) is 16.8 Å². The third-order valence-electron chi connectivity index (χ3n) is 5.43. The van der Waals surface area contributed by atoms with Crippen molar-refractivity contribution in [2.24, 2.45) is 16.7 Å². The van der Waals surface area contributed by atoms with Gasteiger partial charge < -0.3 is 15.5 Å². The highest BCUT2D eigenvalue weighted by molar-refractivity contribution is 5.40. The summed E-state index contributed by atoms with van der Waals surface area (Å²) in [5, 5.41) is 22.8. The summed E-state index contributed by atoms with van der Waals surface area (Å²) < 4.78 is 0. The molecule has 1 fully saturated rings. The molecule has 0 radical (unpaired) electrons. The molecular weight excluding hydrogens is 238 g/mol. The van der Waals surface area contributed by atoms with Crippen LogP contribution in [0.3, 0.4) is 0 Å². The molecule has 3 heteroatoms. The van der Waals surface area contributed by atoms with Crippen LogP contribution in [0.15, 0.2) is 18.2 Å². The Kier molecular flexibility index (Phi) is 3.29. The van der Waals surface area contributed by atoms with Crippen LogP contribution in [0.25, 0.3) is 0 Å². The molecule has 0 saturated heterocycles. The topological polar surface area (TPSA) is 52.5 Å². The van der Waals surface area contributed by atoms with Crippen LogP contribution >= 0.6 is 0 Å². The Bertz CT molecular complexity index is 466. The Morgan fingerprint density at radius 3 is 2.26 bits per heavy atom. The second-order valence-electron chi connectivity index (χ2n) is 6.87. The molecule has 0 amide bonds. The third kappa shape index (κ3) is 2.32. The predicted octanol–water partition coefficient (Wildman–Crippen LogP) is 3.43. The molecule has 2 rings (SSSR count). The Balaban J connectivity index is 1.99. The first-order valence-corrected chi connectivity index (χ1v) is 6.93. The van der Waals surface area contributed by atoms with E-state index in [0.29, 0.717) is 16.7 Å². The normalized spacial score (nSPS) is 22.2. The van der Waals surface area contributed by atoms with Gasteiger partial charge in [-0.3, -0.25) is 0 Å². The van der Waals surface area contributed by atoms with Crippen LogP contribution in [0.4, 0.5) is 0 Å². The van der Waals surface area contributed by atoms with Crippen LogP contribution < -0.4 is 5.32 Å². The van der Waals surface area contributed by atoms with Crippen molar-refractivity contribution in [1.82, 2.24) is 5.32 Å². The molecule has 0 bridgehead atoms. The Morgan fingerprint density at radius 1 is 1.16 bits per heavy atom. The Morgan fingerprint density at radius 2 is 1.74 bits per heavy atom. The first kappa shape index (κ1) is 14.2. The average Bonchev–Trinajstić information content (AvgIpc) is 2.70. The van der Waals surface area contributed by atoms with Crippen LogP contribution in [0.2, 0.25) is 0 Å². The fourth-order valence-electron chi connectivity index (χ4n) is 3.14. The first-order valence-electron chi connectivity index (χ1n) is 6.93. The van der Waals surface area contributed by atoms with Gasteiger partial charge >= 0.3 is 0 Å². The monoisotopic (exact) mass is 263 g/mol. The van der Waals surface area contributed by atoms with Crippen LogP contribution in [-0.2, 0) is 0 Å². The molecule has 3 N–H and O–H groups in total. The minimum absolute atomic E-state index is 0.0271. The number of rotatable bonds is 4. The molecule has 1 atom stereocenters. The lowest BCUT2D eigenvalue weighted by Crippen LogP contribution is -2.23. The zero-order valence-electron chi connectivity index (χ0n) is 12.5. The summed E-state index contributed by atoms with van der Waals surface area (Å²) in [7, 11) is 0. The van der Waals surface area contributed by atoms with Gasteiger partial charge in [0.2, 0.25) is 0 Å². The van der Waals surface area contributed by atoms with Crippen molar-refractivity contribution in [3.63, 3.8) is 0 Å². The number of nitrogens with one attached hydrogen (secondary N) is 1. The van der Waals surface area contributed by atoms with Gasteiger partial charge in [0, 0.05) is 11.6 Å². The highest BCUT2D eigenvalue weighted by atomic mass is 16.3. The van der Waals surface area contributed by atoms with Gasteiger partial charge in [-0.05, 0) is 48.4 Å². The van der Waals surface area contributed by atoms with Crippen LogP contribution in [0, 0.1) is 16.7 Å². The summed E-state index contributed by atoms with van der Waals surface area (Å²) in [5.41, 5.74) is 1.47. The zero-order valence-corrected chi connectivity index (χ0v) is 12.5. The molecule has 19 heavy (non-hydrogen) atoms. The highest BCUT2D eigenvalue weighted by Crippen LogP contribution is 2.68. The number of hydrogen-bond donors (Lipinski definition) is 3. The van der Waals surface area contributed by atoms with Gasteiger partial charge in [-0.25, -0.2) is 0 Å². The highest BCUT2D eigenvalue weighted by Gasteiger charge is 2.63. The number of aromatic hydroxyl groups is 2. The van der Waals surface area contributed by atoms with E-state index < -0.39 is 0 Å². The fraction of sp³-hybridized carbons (Fsp3) is 0.625. The zero-order chi connectivity index (χ0) is 14.4. The predicted molar refractivity (Wildman–Crippen MR) is 77.2 cm³/mol. The Labute approximate surface area is 115 Å². The average molecular weight is 263 g/mol. The van der Waals surface area contributed by atoms with Crippen molar-refractivity contribution in [1.29, 1.82) is 0 Å². The molecule has 3 nitrogen and oxygen atoms in total. The van der Waals surface area contributed by atoms with Crippen molar-refractivity contribution in [3.8, 4) is 11.5 Å². The summed E-state index contributed by atoms with van der Waals surface area (Å²) in [6.45, 7) is 12.1. The maximum atomic E-state index is 9.84. The quantitative estimate of drug-likeness (QED) is 0.729.